The number of anilines is 1. The van der Waals surface area contributed by atoms with Crippen LogP contribution < -0.4 is 5.32 Å². The molecule has 6 nitrogen and oxygen atoms in total. The molecular weight excluding hydrogens is 397 g/mol. The van der Waals surface area contributed by atoms with Crippen LogP contribution in [-0.4, -0.2) is 39.4 Å². The van der Waals surface area contributed by atoms with Gasteiger partial charge in [-0.25, -0.2) is 4.98 Å². The van der Waals surface area contributed by atoms with Crippen LogP contribution in [0.2, 0.25) is 0 Å². The van der Waals surface area contributed by atoms with Crippen molar-refractivity contribution >= 4 is 17.6 Å². The smallest absolute Gasteiger partial charge is 0.339 e. The average Bonchev–Trinajstić information content (AvgIpc) is 3.04. The van der Waals surface area contributed by atoms with E-state index < -0.39 is 17.6 Å². The highest BCUT2D eigenvalue weighted by Crippen LogP contribution is 2.32. The van der Waals surface area contributed by atoms with E-state index in [-0.39, 0.29) is 23.4 Å². The fourth-order valence-electron chi connectivity index (χ4n) is 3.90. The minimum atomic E-state index is -4.51. The lowest BCUT2D eigenvalue weighted by Crippen LogP contribution is -2.42. The van der Waals surface area contributed by atoms with E-state index in [1.807, 2.05) is 0 Å². The van der Waals surface area contributed by atoms with Crippen LogP contribution in [0.15, 0.2) is 30.6 Å². The topological polar surface area (TPSA) is 67.2 Å². The Morgan fingerprint density at radius 2 is 2.00 bits per heavy atom. The Balaban J connectivity index is 1.69. The largest absolute Gasteiger partial charge is 0.416 e. The molecule has 1 N–H and O–H groups in total. The van der Waals surface area contributed by atoms with Crippen LogP contribution in [0.25, 0.3) is 0 Å². The third kappa shape index (κ3) is 4.66. The third-order valence-corrected chi connectivity index (χ3v) is 5.68. The first-order valence-corrected chi connectivity index (χ1v) is 9.81. The predicted octanol–water partition coefficient (Wildman–Crippen LogP) is 4.02. The lowest BCUT2D eigenvalue weighted by atomic mass is 9.84. The number of aryl methyl sites for hydroxylation is 2. The summed E-state index contributed by atoms with van der Waals surface area (Å²) in [5.74, 6) is -0.258. The number of carbonyl (C=O) groups is 2. The van der Waals surface area contributed by atoms with Gasteiger partial charge in [-0.05, 0) is 44.4 Å². The number of hydrogen-bond acceptors (Lipinski definition) is 3. The van der Waals surface area contributed by atoms with E-state index in [4.69, 9.17) is 0 Å². The maximum atomic E-state index is 13.0. The van der Waals surface area contributed by atoms with Crippen molar-refractivity contribution in [1.29, 1.82) is 0 Å². The second kappa shape index (κ2) is 8.49. The van der Waals surface area contributed by atoms with Crippen LogP contribution in [0.5, 0.6) is 0 Å². The van der Waals surface area contributed by atoms with Crippen molar-refractivity contribution in [1.82, 2.24) is 14.5 Å². The van der Waals surface area contributed by atoms with E-state index >= 15 is 0 Å². The summed E-state index contributed by atoms with van der Waals surface area (Å²) in [6.07, 6.45) is -0.263. The zero-order valence-corrected chi connectivity index (χ0v) is 17.2. The first-order valence-electron chi connectivity index (χ1n) is 9.81. The maximum Gasteiger partial charge on any atom is 0.416 e. The Bertz CT molecular complexity index is 919. The minimum Gasteiger partial charge on any atom is -0.339 e. The number of benzene rings is 1. The number of hydrogen-bond donors (Lipinski definition) is 1. The summed E-state index contributed by atoms with van der Waals surface area (Å²) in [5, 5.41) is 2.91. The molecule has 1 heterocycles. The normalized spacial score (nSPS) is 19.4. The number of aromatic nitrogens is 2. The molecule has 2 unspecified atom stereocenters. The summed E-state index contributed by atoms with van der Waals surface area (Å²) in [5.41, 5.74) is -0.145. The van der Waals surface area contributed by atoms with E-state index in [1.54, 1.807) is 31.9 Å². The number of halogens is 3. The highest BCUT2D eigenvalue weighted by atomic mass is 19.4. The highest BCUT2D eigenvalue weighted by Gasteiger charge is 2.34. The highest BCUT2D eigenvalue weighted by molar-refractivity contribution is 5.95. The Morgan fingerprint density at radius 1 is 1.27 bits per heavy atom. The second-order valence-corrected chi connectivity index (χ2v) is 7.79. The van der Waals surface area contributed by atoms with Crippen LogP contribution in [-0.2, 0) is 18.0 Å². The van der Waals surface area contributed by atoms with Crippen LogP contribution in [0, 0.1) is 12.8 Å². The average molecular weight is 422 g/mol. The van der Waals surface area contributed by atoms with Gasteiger partial charge in [0.25, 0.3) is 5.91 Å². The number of rotatable bonds is 4. The minimum absolute atomic E-state index is 0.00981. The molecule has 2 aromatic rings. The Morgan fingerprint density at radius 3 is 2.63 bits per heavy atom. The first-order chi connectivity index (χ1) is 14.1. The van der Waals surface area contributed by atoms with Gasteiger partial charge in [-0.3, -0.25) is 9.59 Å². The molecule has 0 saturated heterocycles. The molecule has 1 aromatic carbocycles. The number of nitrogens with zero attached hydrogens (tertiary/aromatic N) is 3. The fourth-order valence-corrected chi connectivity index (χ4v) is 3.90. The first kappa shape index (κ1) is 21.9. The summed E-state index contributed by atoms with van der Waals surface area (Å²) < 4.78 is 40.6. The molecule has 0 spiro atoms. The molecule has 30 heavy (non-hydrogen) atoms. The number of imidazole rings is 1. The molecule has 1 aliphatic rings. The van der Waals surface area contributed by atoms with Gasteiger partial charge in [-0.1, -0.05) is 12.5 Å². The van der Waals surface area contributed by atoms with Crippen molar-refractivity contribution in [3.05, 3.63) is 47.4 Å². The molecular formula is C21H25F3N4O2. The van der Waals surface area contributed by atoms with Crippen molar-refractivity contribution < 1.29 is 22.8 Å². The molecule has 9 heteroatoms. The number of alkyl halides is 3. The van der Waals surface area contributed by atoms with Gasteiger partial charge in [0.05, 0.1) is 17.6 Å². The van der Waals surface area contributed by atoms with Crippen molar-refractivity contribution in [2.75, 3.05) is 12.4 Å². The van der Waals surface area contributed by atoms with E-state index in [0.717, 1.165) is 24.2 Å². The molecule has 0 radical (unpaired) electrons. The molecule has 3 rings (SSSR count). The molecule has 162 valence electrons. The molecule has 0 bridgehead atoms. The van der Waals surface area contributed by atoms with Crippen molar-refractivity contribution in [2.45, 2.75) is 44.8 Å². The zero-order valence-electron chi connectivity index (χ0n) is 17.2. The van der Waals surface area contributed by atoms with Gasteiger partial charge in [0.2, 0.25) is 5.91 Å². The van der Waals surface area contributed by atoms with Crippen molar-refractivity contribution in [3.63, 3.8) is 0 Å². The summed E-state index contributed by atoms with van der Waals surface area (Å²) >= 11 is 0. The molecule has 1 aliphatic carbocycles. The third-order valence-electron chi connectivity index (χ3n) is 5.68. The number of amides is 2. The molecule has 1 saturated carbocycles. The van der Waals surface area contributed by atoms with Crippen LogP contribution in [0.3, 0.4) is 0 Å². The van der Waals surface area contributed by atoms with E-state index in [2.05, 4.69) is 10.3 Å². The standard InChI is InChI=1S/C21H25F3N4O2/c1-13-18(27(2)12-25-13)26-19(29)14-6-5-9-17(11-14)28(3)20(30)15-7-4-8-16(10-15)21(22,23)24/h4,7-8,10,12,14,17H,5-6,9,11H2,1-3H3,(H,26,29). The molecule has 1 fully saturated rings. The summed E-state index contributed by atoms with van der Waals surface area (Å²) in [7, 11) is 3.37. The number of carbonyl (C=O) groups excluding carboxylic acids is 2. The second-order valence-electron chi connectivity index (χ2n) is 7.79. The van der Waals surface area contributed by atoms with E-state index in [0.29, 0.717) is 25.1 Å². The van der Waals surface area contributed by atoms with Gasteiger partial charge in [-0.2, -0.15) is 13.2 Å². The van der Waals surface area contributed by atoms with Gasteiger partial charge in [0.1, 0.15) is 5.82 Å². The SMILES string of the molecule is Cc1ncn(C)c1NC(=O)C1CCCC(N(C)C(=O)c2cccc(C(F)(F)F)c2)C1. The van der Waals surface area contributed by atoms with Gasteiger partial charge < -0.3 is 14.8 Å². The Hall–Kier alpha value is -2.84. The van der Waals surface area contributed by atoms with Gasteiger partial charge >= 0.3 is 6.18 Å². The van der Waals surface area contributed by atoms with Gasteiger partial charge in [-0.15, -0.1) is 0 Å². The quantitative estimate of drug-likeness (QED) is 0.810. The monoisotopic (exact) mass is 422 g/mol. The summed E-state index contributed by atoms with van der Waals surface area (Å²) in [6.45, 7) is 1.81. The Kier molecular flexibility index (Phi) is 6.19. The zero-order chi connectivity index (χ0) is 22.1. The van der Waals surface area contributed by atoms with E-state index in [9.17, 15) is 22.8 Å². The number of nitrogens with one attached hydrogen (secondary N) is 1. The molecule has 2 atom stereocenters. The van der Waals surface area contributed by atoms with Crippen LogP contribution >= 0.6 is 0 Å². The Labute approximate surface area is 173 Å². The van der Waals surface area contributed by atoms with Crippen molar-refractivity contribution in [2.24, 2.45) is 13.0 Å². The van der Waals surface area contributed by atoms with Crippen molar-refractivity contribution in [3.8, 4) is 0 Å². The van der Waals surface area contributed by atoms with Gasteiger partial charge in [0.15, 0.2) is 0 Å². The summed E-state index contributed by atoms with van der Waals surface area (Å²) in [6, 6.07) is 4.21. The molecule has 1 aromatic heterocycles. The predicted molar refractivity (Wildman–Crippen MR) is 106 cm³/mol. The lowest BCUT2D eigenvalue weighted by Gasteiger charge is -2.35. The summed E-state index contributed by atoms with van der Waals surface area (Å²) in [4.78, 5) is 31.2. The fraction of sp³-hybridized carbons (Fsp3) is 0.476. The van der Waals surface area contributed by atoms with Gasteiger partial charge in [0, 0.05) is 31.6 Å². The molecule has 0 aliphatic heterocycles. The molecule has 2 amide bonds. The van der Waals surface area contributed by atoms with E-state index in [1.165, 1.54) is 17.0 Å². The maximum absolute atomic E-state index is 13.0. The van der Waals surface area contributed by atoms with Crippen LogP contribution in [0.1, 0.15) is 47.3 Å². The lowest BCUT2D eigenvalue weighted by molar-refractivity contribution is -0.137. The van der Waals surface area contributed by atoms with Crippen LogP contribution in [0.4, 0.5) is 19.0 Å².